The van der Waals surface area contributed by atoms with E-state index in [1.165, 1.54) is 0 Å². The van der Waals surface area contributed by atoms with Gasteiger partial charge in [-0.05, 0) is 22.9 Å². The Balaban J connectivity index is 3.35. The third kappa shape index (κ3) is 0.838. The van der Waals surface area contributed by atoms with E-state index in [0.29, 0.717) is 10.4 Å². The van der Waals surface area contributed by atoms with Gasteiger partial charge in [0.15, 0.2) is 5.76 Å². The van der Waals surface area contributed by atoms with Gasteiger partial charge in [-0.1, -0.05) is 0 Å². The van der Waals surface area contributed by atoms with Crippen LogP contribution in [0.4, 0.5) is 0 Å². The number of rotatable bonds is 0. The van der Waals surface area contributed by atoms with Crippen LogP contribution in [0.2, 0.25) is 0 Å². The number of hydrogen-bond donors (Lipinski definition) is 0. The monoisotopic (exact) mass is 178 g/mol. The van der Waals surface area contributed by atoms with Crippen LogP contribution in [0.1, 0.15) is 5.76 Å². The molecule has 0 unspecified atom stereocenters. The third-order valence-corrected chi connectivity index (χ3v) is 1.41. The first-order chi connectivity index (χ1) is 3.70. The van der Waals surface area contributed by atoms with Crippen LogP contribution in [0.25, 0.3) is 0 Å². The Morgan fingerprint density at radius 3 is 2.25 bits per heavy atom. The Hall–Kier alpha value is -0.510. The van der Waals surface area contributed by atoms with Crippen molar-refractivity contribution in [1.82, 2.24) is 0 Å². The van der Waals surface area contributed by atoms with Crippen molar-refractivity contribution in [2.24, 2.45) is 0 Å². The van der Waals surface area contributed by atoms with Crippen molar-refractivity contribution in [1.29, 1.82) is 0 Å². The maximum absolute atomic E-state index is 10.1. The molecule has 0 bridgehead atoms. The summed E-state index contributed by atoms with van der Waals surface area (Å²) in [5.74, 6) is -0.204. The highest BCUT2D eigenvalue weighted by molar-refractivity contribution is 9.10. The van der Waals surface area contributed by atoms with E-state index in [9.17, 15) is 4.79 Å². The van der Waals surface area contributed by atoms with Crippen molar-refractivity contribution in [2.75, 3.05) is 0 Å². The van der Waals surface area contributed by atoms with Gasteiger partial charge < -0.3 is 8.83 Å². The van der Waals surface area contributed by atoms with Crippen molar-refractivity contribution in [2.45, 2.75) is 6.92 Å². The molecule has 1 rings (SSSR count). The standard InChI is InChI=1S/C4H3BrO3/c1-2-3(5)8-4(6)7-2/h1H3. The second kappa shape index (κ2) is 1.78. The Kier molecular flexibility index (Phi) is 1.25. The summed E-state index contributed by atoms with van der Waals surface area (Å²) in [5, 5.41) is 0. The fourth-order valence-corrected chi connectivity index (χ4v) is 0.544. The predicted octanol–water partition coefficient (Wildman–Crippen LogP) is 1.30. The minimum Gasteiger partial charge on any atom is -0.395 e. The van der Waals surface area contributed by atoms with Crippen LogP contribution in [0.3, 0.4) is 0 Å². The van der Waals surface area contributed by atoms with Crippen molar-refractivity contribution >= 4 is 15.9 Å². The van der Waals surface area contributed by atoms with Crippen molar-refractivity contribution in [3.8, 4) is 0 Å². The lowest BCUT2D eigenvalue weighted by Gasteiger charge is -1.72. The largest absolute Gasteiger partial charge is 0.519 e. The molecule has 4 heteroatoms. The zero-order valence-electron chi connectivity index (χ0n) is 4.10. The Labute approximate surface area is 53.4 Å². The highest BCUT2D eigenvalue weighted by Gasteiger charge is 2.01. The summed E-state index contributed by atoms with van der Waals surface area (Å²) in [6.07, 6.45) is 0. The SMILES string of the molecule is Cc1oc(=O)oc1Br. The average Bonchev–Trinajstić information content (AvgIpc) is 1.85. The van der Waals surface area contributed by atoms with Crippen LogP contribution >= 0.6 is 15.9 Å². The maximum atomic E-state index is 10.1. The van der Waals surface area contributed by atoms with E-state index in [4.69, 9.17) is 0 Å². The molecule has 0 amide bonds. The van der Waals surface area contributed by atoms with Crippen molar-refractivity contribution < 1.29 is 8.83 Å². The molecule has 0 aliphatic rings. The first-order valence-corrected chi connectivity index (χ1v) is 2.75. The lowest BCUT2D eigenvalue weighted by atomic mass is 10.6. The van der Waals surface area contributed by atoms with Gasteiger partial charge in [0.05, 0.1) is 0 Å². The summed E-state index contributed by atoms with van der Waals surface area (Å²) in [4.78, 5) is 10.1. The number of aryl methyl sites for hydroxylation is 1. The lowest BCUT2D eigenvalue weighted by Crippen LogP contribution is -1.84. The van der Waals surface area contributed by atoms with Crippen LogP contribution in [0.5, 0.6) is 0 Å². The molecule has 0 saturated heterocycles. The van der Waals surface area contributed by atoms with Gasteiger partial charge in [-0.2, -0.15) is 0 Å². The third-order valence-electron chi connectivity index (χ3n) is 0.686. The highest BCUT2D eigenvalue weighted by atomic mass is 79.9. The summed E-state index contributed by atoms with van der Waals surface area (Å²) in [6, 6.07) is 0. The Bertz CT molecular complexity index is 211. The summed E-state index contributed by atoms with van der Waals surface area (Å²) in [7, 11) is 0. The van der Waals surface area contributed by atoms with Gasteiger partial charge in [0.25, 0.3) is 0 Å². The van der Waals surface area contributed by atoms with E-state index >= 15 is 0 Å². The van der Waals surface area contributed by atoms with Gasteiger partial charge in [-0.3, -0.25) is 0 Å². The van der Waals surface area contributed by atoms with Gasteiger partial charge >= 0.3 is 5.82 Å². The van der Waals surface area contributed by atoms with Gasteiger partial charge in [-0.25, -0.2) is 4.79 Å². The van der Waals surface area contributed by atoms with E-state index in [-0.39, 0.29) is 0 Å². The zero-order chi connectivity index (χ0) is 6.15. The average molecular weight is 179 g/mol. The molecule has 1 aromatic heterocycles. The molecule has 0 N–H and O–H groups in total. The van der Waals surface area contributed by atoms with Gasteiger partial charge in [0.1, 0.15) is 0 Å². The van der Waals surface area contributed by atoms with Crippen LogP contribution in [0.15, 0.2) is 18.3 Å². The molecule has 0 saturated carbocycles. The molecule has 3 nitrogen and oxygen atoms in total. The molecule has 8 heavy (non-hydrogen) atoms. The smallest absolute Gasteiger partial charge is 0.395 e. The zero-order valence-corrected chi connectivity index (χ0v) is 5.69. The molecule has 0 radical (unpaired) electrons. The molecule has 44 valence electrons. The number of hydrogen-bond acceptors (Lipinski definition) is 3. The molecule has 0 aliphatic heterocycles. The quantitative estimate of drug-likeness (QED) is 0.602. The summed E-state index contributed by atoms with van der Waals surface area (Å²) < 4.78 is 9.22. The van der Waals surface area contributed by atoms with Crippen LogP contribution < -0.4 is 5.82 Å². The second-order valence-electron chi connectivity index (χ2n) is 1.28. The first-order valence-electron chi connectivity index (χ1n) is 1.96. The van der Waals surface area contributed by atoms with Gasteiger partial charge in [0.2, 0.25) is 4.67 Å². The lowest BCUT2D eigenvalue weighted by molar-refractivity contribution is 0.374. The summed E-state index contributed by atoms with van der Waals surface area (Å²) in [6.45, 7) is 1.63. The van der Waals surface area contributed by atoms with Crippen LogP contribution in [-0.2, 0) is 0 Å². The van der Waals surface area contributed by atoms with Crippen LogP contribution in [-0.4, -0.2) is 0 Å². The fraction of sp³-hybridized carbons (Fsp3) is 0.250. The van der Waals surface area contributed by atoms with E-state index in [1.54, 1.807) is 6.92 Å². The first kappa shape index (κ1) is 5.62. The van der Waals surface area contributed by atoms with Crippen molar-refractivity contribution in [3.63, 3.8) is 0 Å². The van der Waals surface area contributed by atoms with E-state index < -0.39 is 5.82 Å². The molecule has 0 fully saturated rings. The normalized spacial score (nSPS) is 9.75. The predicted molar refractivity (Wildman–Crippen MR) is 29.7 cm³/mol. The molecular weight excluding hydrogens is 176 g/mol. The second-order valence-corrected chi connectivity index (χ2v) is 2.00. The summed E-state index contributed by atoms with van der Waals surface area (Å²) in [5.41, 5.74) is 0. The van der Waals surface area contributed by atoms with Crippen molar-refractivity contribution in [3.05, 3.63) is 21.0 Å². The summed E-state index contributed by atoms with van der Waals surface area (Å²) >= 11 is 2.96. The molecular formula is C4H3BrO3. The van der Waals surface area contributed by atoms with E-state index in [0.717, 1.165) is 0 Å². The highest BCUT2D eigenvalue weighted by Crippen LogP contribution is 2.11. The van der Waals surface area contributed by atoms with Gasteiger partial charge in [-0.15, -0.1) is 0 Å². The molecule has 1 aromatic rings. The Morgan fingerprint density at radius 1 is 1.50 bits per heavy atom. The fourth-order valence-electron chi connectivity index (χ4n) is 0.331. The molecule has 0 spiro atoms. The molecule has 1 heterocycles. The topological polar surface area (TPSA) is 43.4 Å². The minimum atomic E-state index is -0.672. The number of halogens is 1. The Morgan fingerprint density at radius 2 is 2.12 bits per heavy atom. The molecule has 0 aliphatic carbocycles. The van der Waals surface area contributed by atoms with E-state index in [2.05, 4.69) is 24.8 Å². The molecule has 0 atom stereocenters. The van der Waals surface area contributed by atoms with Gasteiger partial charge in [0, 0.05) is 0 Å². The molecule has 0 aromatic carbocycles. The minimum absolute atomic E-state index is 0.363. The van der Waals surface area contributed by atoms with E-state index in [1.807, 2.05) is 0 Å². The van der Waals surface area contributed by atoms with Crippen LogP contribution in [0, 0.1) is 6.92 Å². The maximum Gasteiger partial charge on any atom is 0.519 e.